The van der Waals surface area contributed by atoms with Gasteiger partial charge in [-0.1, -0.05) is 53.8 Å². The van der Waals surface area contributed by atoms with E-state index in [0.29, 0.717) is 21.9 Å². The number of carbonyl (C=O) groups is 1. The van der Waals surface area contributed by atoms with E-state index >= 15 is 0 Å². The molecular weight excluding hydrogens is 428 g/mol. The third-order valence-electron chi connectivity index (χ3n) is 5.08. The molecule has 1 amide bonds. The molecule has 0 aliphatic carbocycles. The molecule has 0 aliphatic rings. The Hall–Kier alpha value is -3.36. The van der Waals surface area contributed by atoms with Gasteiger partial charge in [0.15, 0.2) is 5.13 Å². The Morgan fingerprint density at radius 1 is 1.10 bits per heavy atom. The summed E-state index contributed by atoms with van der Waals surface area (Å²) >= 11 is 2.89. The molecule has 0 atom stereocenters. The van der Waals surface area contributed by atoms with Crippen molar-refractivity contribution in [2.24, 2.45) is 0 Å². The Balaban J connectivity index is 1.53. The molecule has 0 bridgehead atoms. The SMILES string of the molecule is Cc1cccc2sc(N(Cc3ccccc3)C(=O)Cn3cnc4sccc4c3=O)nc12. The van der Waals surface area contributed by atoms with E-state index in [2.05, 4.69) is 4.98 Å². The maximum Gasteiger partial charge on any atom is 0.262 e. The quantitative estimate of drug-likeness (QED) is 0.395. The number of nitrogens with zero attached hydrogens (tertiary/aromatic N) is 4. The standard InChI is InChI=1S/C23H18N4O2S2/c1-15-6-5-9-18-20(15)25-23(31-18)27(12-16-7-3-2-4-8-16)19(28)13-26-14-24-21-17(22(26)29)10-11-30-21/h2-11,14H,12-13H2,1H3. The molecule has 0 aliphatic heterocycles. The lowest BCUT2D eigenvalue weighted by molar-refractivity contribution is -0.119. The molecule has 3 aromatic heterocycles. The average molecular weight is 447 g/mol. The number of hydrogen-bond donors (Lipinski definition) is 0. The minimum Gasteiger partial charge on any atom is -0.289 e. The summed E-state index contributed by atoms with van der Waals surface area (Å²) in [6, 6.07) is 17.5. The lowest BCUT2D eigenvalue weighted by atomic mass is 10.2. The van der Waals surface area contributed by atoms with E-state index in [1.54, 1.807) is 11.0 Å². The predicted octanol–water partition coefficient (Wildman–Crippen LogP) is 4.61. The van der Waals surface area contributed by atoms with E-state index in [0.717, 1.165) is 21.3 Å². The molecule has 0 saturated heterocycles. The van der Waals surface area contributed by atoms with Gasteiger partial charge in [0.05, 0.1) is 28.5 Å². The second-order valence-electron chi connectivity index (χ2n) is 7.20. The highest BCUT2D eigenvalue weighted by Crippen LogP contribution is 2.31. The van der Waals surface area contributed by atoms with Crippen molar-refractivity contribution in [3.63, 3.8) is 0 Å². The van der Waals surface area contributed by atoms with Gasteiger partial charge >= 0.3 is 0 Å². The molecule has 5 aromatic rings. The van der Waals surface area contributed by atoms with Crippen LogP contribution in [0.4, 0.5) is 5.13 Å². The smallest absolute Gasteiger partial charge is 0.262 e. The monoisotopic (exact) mass is 446 g/mol. The Bertz CT molecular complexity index is 1450. The second-order valence-corrected chi connectivity index (χ2v) is 9.10. The van der Waals surface area contributed by atoms with Gasteiger partial charge < -0.3 is 0 Å². The van der Waals surface area contributed by atoms with Crippen LogP contribution in [0.3, 0.4) is 0 Å². The van der Waals surface area contributed by atoms with E-state index < -0.39 is 0 Å². The topological polar surface area (TPSA) is 68.1 Å². The zero-order valence-electron chi connectivity index (χ0n) is 16.7. The average Bonchev–Trinajstić information content (AvgIpc) is 3.43. The third-order valence-corrected chi connectivity index (χ3v) is 6.95. The molecule has 5 rings (SSSR count). The van der Waals surface area contributed by atoms with Crippen LogP contribution < -0.4 is 10.5 Å². The Morgan fingerprint density at radius 3 is 2.74 bits per heavy atom. The van der Waals surface area contributed by atoms with Gasteiger partial charge in [-0.05, 0) is 35.6 Å². The van der Waals surface area contributed by atoms with E-state index in [-0.39, 0.29) is 18.0 Å². The van der Waals surface area contributed by atoms with Crippen LogP contribution in [0.25, 0.3) is 20.4 Å². The summed E-state index contributed by atoms with van der Waals surface area (Å²) in [5.74, 6) is -0.209. The van der Waals surface area contributed by atoms with Crippen molar-refractivity contribution in [3.05, 3.63) is 87.8 Å². The van der Waals surface area contributed by atoms with E-state index in [4.69, 9.17) is 4.98 Å². The number of fused-ring (bicyclic) bond motifs is 2. The van der Waals surface area contributed by atoms with Crippen LogP contribution in [0.2, 0.25) is 0 Å². The van der Waals surface area contributed by atoms with Crippen LogP contribution in [0.5, 0.6) is 0 Å². The first-order valence-electron chi connectivity index (χ1n) is 9.73. The summed E-state index contributed by atoms with van der Waals surface area (Å²) in [6.45, 7) is 2.29. The maximum absolute atomic E-state index is 13.4. The van der Waals surface area contributed by atoms with Crippen LogP contribution in [-0.2, 0) is 17.9 Å². The summed E-state index contributed by atoms with van der Waals surface area (Å²) in [6.07, 6.45) is 1.45. The van der Waals surface area contributed by atoms with Gasteiger partial charge in [-0.2, -0.15) is 0 Å². The summed E-state index contributed by atoms with van der Waals surface area (Å²) in [4.78, 5) is 37.6. The fraction of sp³-hybridized carbons (Fsp3) is 0.130. The largest absolute Gasteiger partial charge is 0.289 e. The van der Waals surface area contributed by atoms with Crippen LogP contribution in [0.1, 0.15) is 11.1 Å². The molecule has 0 spiro atoms. The Labute approximate surface area is 186 Å². The zero-order valence-corrected chi connectivity index (χ0v) is 18.3. The first-order chi connectivity index (χ1) is 15.1. The predicted molar refractivity (Wildman–Crippen MR) is 126 cm³/mol. The highest BCUT2D eigenvalue weighted by Gasteiger charge is 2.22. The molecule has 0 N–H and O–H groups in total. The number of thiazole rings is 1. The molecule has 154 valence electrons. The molecule has 0 radical (unpaired) electrons. The molecule has 8 heteroatoms. The van der Waals surface area contributed by atoms with E-state index in [9.17, 15) is 9.59 Å². The number of rotatable bonds is 5. The number of aryl methyl sites for hydroxylation is 1. The van der Waals surface area contributed by atoms with Crippen LogP contribution in [-0.4, -0.2) is 20.4 Å². The number of anilines is 1. The van der Waals surface area contributed by atoms with Gasteiger partial charge in [0.2, 0.25) is 5.91 Å². The summed E-state index contributed by atoms with van der Waals surface area (Å²) in [7, 11) is 0. The minimum absolute atomic E-state index is 0.0979. The molecule has 0 unspecified atom stereocenters. The third kappa shape index (κ3) is 3.75. The number of aromatic nitrogens is 3. The van der Waals surface area contributed by atoms with Gasteiger partial charge in [-0.15, -0.1) is 11.3 Å². The zero-order chi connectivity index (χ0) is 21.4. The molecule has 3 heterocycles. The van der Waals surface area contributed by atoms with Crippen LogP contribution in [0, 0.1) is 6.92 Å². The fourth-order valence-electron chi connectivity index (χ4n) is 3.46. The molecule has 6 nitrogen and oxygen atoms in total. The maximum atomic E-state index is 13.4. The molecule has 0 saturated carbocycles. The van der Waals surface area contributed by atoms with Gasteiger partial charge in [-0.25, -0.2) is 9.97 Å². The normalized spacial score (nSPS) is 11.3. The number of para-hydroxylation sites is 1. The van der Waals surface area contributed by atoms with Crippen LogP contribution >= 0.6 is 22.7 Å². The minimum atomic E-state index is -0.209. The number of hydrogen-bond acceptors (Lipinski definition) is 6. The van der Waals surface area contributed by atoms with Crippen LogP contribution in [0.15, 0.2) is 71.1 Å². The van der Waals surface area contributed by atoms with Gasteiger partial charge in [0, 0.05) is 0 Å². The van der Waals surface area contributed by atoms with E-state index in [1.807, 2.05) is 60.8 Å². The summed E-state index contributed by atoms with van der Waals surface area (Å²) in [5, 5.41) is 2.98. The number of amides is 1. The summed E-state index contributed by atoms with van der Waals surface area (Å²) < 4.78 is 2.40. The lowest BCUT2D eigenvalue weighted by Crippen LogP contribution is -2.36. The van der Waals surface area contributed by atoms with Gasteiger partial charge in [0.1, 0.15) is 11.4 Å². The van der Waals surface area contributed by atoms with Crippen molar-refractivity contribution >= 4 is 54.1 Å². The number of benzene rings is 2. The van der Waals surface area contributed by atoms with Crippen molar-refractivity contribution in [3.8, 4) is 0 Å². The number of carbonyl (C=O) groups excluding carboxylic acids is 1. The second kappa shape index (κ2) is 8.05. The molecule has 0 fully saturated rings. The van der Waals surface area contributed by atoms with Crippen molar-refractivity contribution in [2.45, 2.75) is 20.0 Å². The first kappa shape index (κ1) is 19.6. The lowest BCUT2D eigenvalue weighted by Gasteiger charge is -2.20. The summed E-state index contributed by atoms with van der Waals surface area (Å²) in [5.41, 5.74) is 2.74. The number of thiophene rings is 1. The fourth-order valence-corrected chi connectivity index (χ4v) is 5.24. The van der Waals surface area contributed by atoms with Crippen molar-refractivity contribution in [2.75, 3.05) is 4.90 Å². The van der Waals surface area contributed by atoms with E-state index in [1.165, 1.54) is 33.6 Å². The Kier molecular flexibility index (Phi) is 5.09. The molecular formula is C23H18N4O2S2. The highest BCUT2D eigenvalue weighted by atomic mass is 32.1. The highest BCUT2D eigenvalue weighted by molar-refractivity contribution is 7.22. The molecule has 31 heavy (non-hydrogen) atoms. The Morgan fingerprint density at radius 2 is 1.94 bits per heavy atom. The van der Waals surface area contributed by atoms with Gasteiger partial charge in [-0.3, -0.25) is 19.1 Å². The van der Waals surface area contributed by atoms with Crippen molar-refractivity contribution < 1.29 is 4.79 Å². The van der Waals surface area contributed by atoms with Gasteiger partial charge in [0.25, 0.3) is 5.56 Å². The first-order valence-corrected chi connectivity index (χ1v) is 11.4. The van der Waals surface area contributed by atoms with Crippen molar-refractivity contribution in [1.29, 1.82) is 0 Å². The van der Waals surface area contributed by atoms with Crippen molar-refractivity contribution in [1.82, 2.24) is 14.5 Å². The molecule has 2 aromatic carbocycles.